The van der Waals surface area contributed by atoms with Crippen molar-refractivity contribution < 1.29 is 4.79 Å². The molecule has 0 amide bonds. The molecule has 0 aromatic heterocycles. The van der Waals surface area contributed by atoms with Crippen LogP contribution in [0.1, 0.15) is 55.5 Å². The van der Waals surface area contributed by atoms with Crippen LogP contribution in [0.4, 0.5) is 0 Å². The van der Waals surface area contributed by atoms with Crippen LogP contribution in [0.2, 0.25) is 0 Å². The van der Waals surface area contributed by atoms with Gasteiger partial charge in [-0.1, -0.05) is 56.5 Å². The Hall–Kier alpha value is -1.63. The number of unbranched alkanes of at least 4 members (excludes halogenated alkanes) is 3. The van der Waals surface area contributed by atoms with Crippen molar-refractivity contribution in [2.24, 2.45) is 0 Å². The summed E-state index contributed by atoms with van der Waals surface area (Å²) in [5.74, 6) is 0.130. The van der Waals surface area contributed by atoms with Crippen molar-refractivity contribution in [1.29, 1.82) is 0 Å². The molecule has 2 aromatic carbocycles. The second-order valence-electron chi connectivity index (χ2n) is 5.26. The van der Waals surface area contributed by atoms with Crippen LogP contribution in [0.25, 0.3) is 10.8 Å². The normalized spacial score (nSPS) is 10.8. The molecule has 0 atom stereocenters. The second kappa shape index (κ2) is 6.51. The number of ketones is 1. The number of carbonyl (C=O) groups excluding carboxylic acids is 1. The first-order valence-electron chi connectivity index (χ1n) is 7.24. The average Bonchev–Trinajstić information content (AvgIpc) is 2.43. The summed E-state index contributed by atoms with van der Waals surface area (Å²) in [6, 6.07) is 12.5. The van der Waals surface area contributed by atoms with Gasteiger partial charge in [-0.3, -0.25) is 4.79 Å². The number of benzene rings is 2. The fraction of sp³-hybridized carbons (Fsp3) is 0.389. The first kappa shape index (κ1) is 13.8. The van der Waals surface area contributed by atoms with E-state index in [4.69, 9.17) is 0 Å². The van der Waals surface area contributed by atoms with Crippen molar-refractivity contribution in [3.05, 3.63) is 47.5 Å². The Morgan fingerprint density at radius 3 is 2.42 bits per heavy atom. The van der Waals surface area contributed by atoms with Gasteiger partial charge in [0.25, 0.3) is 0 Å². The smallest absolute Gasteiger partial charge is 0.159 e. The van der Waals surface area contributed by atoms with Gasteiger partial charge in [-0.05, 0) is 42.2 Å². The summed E-state index contributed by atoms with van der Waals surface area (Å²) in [5, 5.41) is 2.39. The van der Waals surface area contributed by atoms with Crippen LogP contribution in [0.3, 0.4) is 0 Å². The predicted molar refractivity (Wildman–Crippen MR) is 81.8 cm³/mol. The molecular formula is C18H22O. The topological polar surface area (TPSA) is 17.1 Å². The zero-order valence-electron chi connectivity index (χ0n) is 11.9. The fourth-order valence-corrected chi connectivity index (χ4v) is 2.43. The maximum absolute atomic E-state index is 11.4. The molecule has 0 heterocycles. The maximum Gasteiger partial charge on any atom is 0.159 e. The molecule has 0 radical (unpaired) electrons. The third-order valence-corrected chi connectivity index (χ3v) is 3.63. The van der Waals surface area contributed by atoms with Gasteiger partial charge in [0.1, 0.15) is 0 Å². The summed E-state index contributed by atoms with van der Waals surface area (Å²) < 4.78 is 0. The van der Waals surface area contributed by atoms with Gasteiger partial charge in [-0.15, -0.1) is 0 Å². The van der Waals surface area contributed by atoms with Gasteiger partial charge >= 0.3 is 0 Å². The lowest BCUT2D eigenvalue weighted by Crippen LogP contribution is -1.92. The van der Waals surface area contributed by atoms with Gasteiger partial charge in [-0.2, -0.15) is 0 Å². The molecule has 0 aliphatic rings. The lowest BCUT2D eigenvalue weighted by Gasteiger charge is -2.05. The van der Waals surface area contributed by atoms with E-state index in [1.54, 1.807) is 6.92 Å². The molecule has 0 bridgehead atoms. The third-order valence-electron chi connectivity index (χ3n) is 3.63. The molecule has 1 heteroatoms. The van der Waals surface area contributed by atoms with E-state index < -0.39 is 0 Å². The van der Waals surface area contributed by atoms with Gasteiger partial charge in [-0.25, -0.2) is 0 Å². The lowest BCUT2D eigenvalue weighted by atomic mass is 10.00. The number of Topliss-reactive ketones (excluding diaryl/α,β-unsaturated/α-hetero) is 1. The zero-order chi connectivity index (χ0) is 13.7. The first-order valence-corrected chi connectivity index (χ1v) is 7.24. The standard InChI is InChI=1S/C18H22O/c1-3-4-5-6-7-15-8-9-18-13-16(14(2)19)10-11-17(18)12-15/h8-13H,3-7H2,1-2H3. The summed E-state index contributed by atoms with van der Waals surface area (Å²) in [5.41, 5.74) is 2.20. The number of hydrogen-bond donors (Lipinski definition) is 0. The van der Waals surface area contributed by atoms with E-state index in [1.807, 2.05) is 12.1 Å². The van der Waals surface area contributed by atoms with Crippen LogP contribution in [-0.2, 0) is 6.42 Å². The van der Waals surface area contributed by atoms with Crippen molar-refractivity contribution in [2.75, 3.05) is 0 Å². The zero-order valence-corrected chi connectivity index (χ0v) is 11.9. The molecule has 2 aromatic rings. The van der Waals surface area contributed by atoms with E-state index in [2.05, 4.69) is 31.2 Å². The first-order chi connectivity index (χ1) is 9.20. The molecule has 0 spiro atoms. The van der Waals surface area contributed by atoms with Crippen LogP contribution < -0.4 is 0 Å². The van der Waals surface area contributed by atoms with Crippen LogP contribution in [0.15, 0.2) is 36.4 Å². The lowest BCUT2D eigenvalue weighted by molar-refractivity contribution is 0.101. The van der Waals surface area contributed by atoms with E-state index in [0.717, 1.165) is 17.4 Å². The van der Waals surface area contributed by atoms with E-state index >= 15 is 0 Å². The summed E-state index contributed by atoms with van der Waals surface area (Å²) in [4.78, 5) is 11.4. The van der Waals surface area contributed by atoms with E-state index in [0.29, 0.717) is 0 Å². The van der Waals surface area contributed by atoms with Gasteiger partial charge in [0.05, 0.1) is 0 Å². The van der Waals surface area contributed by atoms with Crippen LogP contribution in [-0.4, -0.2) is 5.78 Å². The number of hydrogen-bond acceptors (Lipinski definition) is 1. The van der Waals surface area contributed by atoms with Crippen molar-refractivity contribution in [3.8, 4) is 0 Å². The summed E-state index contributed by atoms with van der Waals surface area (Å²) >= 11 is 0. The highest BCUT2D eigenvalue weighted by atomic mass is 16.1. The van der Waals surface area contributed by atoms with Crippen molar-refractivity contribution in [2.45, 2.75) is 46.0 Å². The van der Waals surface area contributed by atoms with Gasteiger partial charge in [0.2, 0.25) is 0 Å². The summed E-state index contributed by atoms with van der Waals surface area (Å²) in [6.45, 7) is 3.85. The van der Waals surface area contributed by atoms with Gasteiger partial charge in [0.15, 0.2) is 5.78 Å². The molecule has 100 valence electrons. The van der Waals surface area contributed by atoms with Crippen molar-refractivity contribution in [1.82, 2.24) is 0 Å². The van der Waals surface area contributed by atoms with E-state index in [-0.39, 0.29) is 5.78 Å². The Morgan fingerprint density at radius 1 is 0.947 bits per heavy atom. The Kier molecular flexibility index (Phi) is 4.73. The number of aryl methyl sites for hydroxylation is 1. The molecule has 0 fully saturated rings. The Balaban J connectivity index is 2.12. The highest BCUT2D eigenvalue weighted by Crippen LogP contribution is 2.19. The molecule has 1 nitrogen and oxygen atoms in total. The average molecular weight is 254 g/mol. The molecule has 0 unspecified atom stereocenters. The third kappa shape index (κ3) is 3.66. The SMILES string of the molecule is CCCCCCc1ccc2cc(C(C)=O)ccc2c1. The van der Waals surface area contributed by atoms with Gasteiger partial charge in [0, 0.05) is 5.56 Å². The van der Waals surface area contributed by atoms with Gasteiger partial charge < -0.3 is 0 Å². The highest BCUT2D eigenvalue weighted by Gasteiger charge is 2.02. The molecule has 0 saturated carbocycles. The fourth-order valence-electron chi connectivity index (χ4n) is 2.43. The predicted octanol–water partition coefficient (Wildman–Crippen LogP) is 5.17. The molecule has 0 aliphatic heterocycles. The molecular weight excluding hydrogens is 232 g/mol. The number of carbonyl (C=O) groups is 1. The second-order valence-corrected chi connectivity index (χ2v) is 5.26. The van der Waals surface area contributed by atoms with Crippen molar-refractivity contribution in [3.63, 3.8) is 0 Å². The highest BCUT2D eigenvalue weighted by molar-refractivity contribution is 5.98. The minimum absolute atomic E-state index is 0.130. The molecule has 2 rings (SSSR count). The van der Waals surface area contributed by atoms with Crippen LogP contribution >= 0.6 is 0 Å². The molecule has 0 saturated heterocycles. The number of fused-ring (bicyclic) bond motifs is 1. The minimum atomic E-state index is 0.130. The minimum Gasteiger partial charge on any atom is -0.295 e. The largest absolute Gasteiger partial charge is 0.295 e. The molecule has 0 N–H and O–H groups in total. The quantitative estimate of drug-likeness (QED) is 0.513. The Morgan fingerprint density at radius 2 is 1.68 bits per heavy atom. The molecule has 19 heavy (non-hydrogen) atoms. The summed E-state index contributed by atoms with van der Waals surface area (Å²) in [6.07, 6.45) is 6.36. The number of rotatable bonds is 6. The van der Waals surface area contributed by atoms with Crippen LogP contribution in [0, 0.1) is 0 Å². The van der Waals surface area contributed by atoms with E-state index in [1.165, 1.54) is 36.6 Å². The summed E-state index contributed by atoms with van der Waals surface area (Å²) in [7, 11) is 0. The monoisotopic (exact) mass is 254 g/mol. The van der Waals surface area contributed by atoms with E-state index in [9.17, 15) is 4.79 Å². The molecule has 0 aliphatic carbocycles. The Bertz CT molecular complexity index is 569. The maximum atomic E-state index is 11.4. The van der Waals surface area contributed by atoms with Crippen LogP contribution in [0.5, 0.6) is 0 Å². The van der Waals surface area contributed by atoms with Crippen molar-refractivity contribution >= 4 is 16.6 Å². The Labute approximate surface area is 115 Å².